The van der Waals surface area contributed by atoms with Gasteiger partial charge in [0.15, 0.2) is 5.78 Å². The molecule has 1 rings (SSSR count). The van der Waals surface area contributed by atoms with E-state index >= 15 is 0 Å². The summed E-state index contributed by atoms with van der Waals surface area (Å²) in [5, 5.41) is 0. The molecule has 1 unspecified atom stereocenters. The van der Waals surface area contributed by atoms with Crippen LogP contribution in [-0.4, -0.2) is 30.9 Å². The molecule has 4 N–H and O–H groups in total. The first-order chi connectivity index (χ1) is 9.04. The summed E-state index contributed by atoms with van der Waals surface area (Å²) in [6.45, 7) is 0. The number of ketones is 1. The summed E-state index contributed by atoms with van der Waals surface area (Å²) >= 11 is 0. The lowest BCUT2D eigenvalue weighted by Gasteiger charge is -2.15. The van der Waals surface area contributed by atoms with Crippen molar-refractivity contribution in [3.8, 4) is 0 Å². The molecule has 0 aliphatic heterocycles. The van der Waals surface area contributed by atoms with Crippen LogP contribution in [0.4, 0.5) is 0 Å². The molecule has 0 radical (unpaired) electrons. The zero-order chi connectivity index (χ0) is 14.3. The van der Waals surface area contributed by atoms with Gasteiger partial charge in [0.25, 0.3) is 0 Å². The lowest BCUT2D eigenvalue weighted by atomic mass is 9.97. The fourth-order valence-corrected chi connectivity index (χ4v) is 1.76. The summed E-state index contributed by atoms with van der Waals surface area (Å²) in [6, 6.07) is 8.14. The largest absolute Gasteiger partial charge is 0.469 e. The van der Waals surface area contributed by atoms with Gasteiger partial charge in [-0.3, -0.25) is 9.59 Å². The molecule has 1 aromatic rings. The van der Waals surface area contributed by atoms with Crippen molar-refractivity contribution in [2.75, 3.05) is 7.11 Å². The van der Waals surface area contributed by atoms with Gasteiger partial charge in [0, 0.05) is 6.42 Å². The molecule has 5 nitrogen and oxygen atoms in total. The molecule has 0 bridgehead atoms. The van der Waals surface area contributed by atoms with Crippen LogP contribution in [0, 0.1) is 0 Å². The average Bonchev–Trinajstić information content (AvgIpc) is 2.44. The van der Waals surface area contributed by atoms with Crippen molar-refractivity contribution in [2.45, 2.75) is 31.3 Å². The summed E-state index contributed by atoms with van der Waals surface area (Å²) < 4.78 is 4.50. The van der Waals surface area contributed by atoms with E-state index in [4.69, 9.17) is 11.5 Å². The third kappa shape index (κ3) is 5.19. The number of benzene rings is 1. The number of esters is 1. The highest BCUT2D eigenvalue weighted by Crippen LogP contribution is 2.06. The molecule has 5 heteroatoms. The van der Waals surface area contributed by atoms with Crippen LogP contribution in [0.15, 0.2) is 30.3 Å². The Labute approximate surface area is 112 Å². The second-order valence-electron chi connectivity index (χ2n) is 4.42. The molecule has 0 aliphatic rings. The van der Waals surface area contributed by atoms with Gasteiger partial charge in [-0.1, -0.05) is 30.3 Å². The number of ether oxygens (including phenoxy) is 1. The van der Waals surface area contributed by atoms with Crippen LogP contribution in [-0.2, 0) is 20.7 Å². The number of carbonyl (C=O) groups is 2. The second kappa shape index (κ2) is 7.66. The first-order valence-electron chi connectivity index (χ1n) is 6.20. The van der Waals surface area contributed by atoms with E-state index in [0.29, 0.717) is 6.42 Å². The molecule has 0 heterocycles. The maximum atomic E-state index is 11.9. The Kier molecular flexibility index (Phi) is 6.18. The van der Waals surface area contributed by atoms with Gasteiger partial charge in [-0.2, -0.15) is 0 Å². The van der Waals surface area contributed by atoms with Gasteiger partial charge in [0.05, 0.1) is 19.2 Å². The van der Waals surface area contributed by atoms with E-state index in [1.165, 1.54) is 7.11 Å². The fourth-order valence-electron chi connectivity index (χ4n) is 1.76. The van der Waals surface area contributed by atoms with Crippen molar-refractivity contribution in [3.63, 3.8) is 0 Å². The Balaban J connectivity index is 2.45. The Hall–Kier alpha value is -1.72. The molecule has 1 aromatic carbocycles. The first-order valence-corrected chi connectivity index (χ1v) is 6.20. The van der Waals surface area contributed by atoms with E-state index in [9.17, 15) is 9.59 Å². The van der Waals surface area contributed by atoms with Crippen molar-refractivity contribution in [2.24, 2.45) is 11.5 Å². The van der Waals surface area contributed by atoms with Crippen molar-refractivity contribution in [1.29, 1.82) is 0 Å². The van der Waals surface area contributed by atoms with Crippen LogP contribution in [0.3, 0.4) is 0 Å². The Bertz CT molecular complexity index is 420. The number of hydrogen-bond acceptors (Lipinski definition) is 5. The first kappa shape index (κ1) is 15.3. The van der Waals surface area contributed by atoms with Crippen LogP contribution >= 0.6 is 0 Å². The maximum absolute atomic E-state index is 11.9. The van der Waals surface area contributed by atoms with Gasteiger partial charge in [-0.15, -0.1) is 0 Å². The predicted octanol–water partition coefficient (Wildman–Crippen LogP) is 0.406. The highest BCUT2D eigenvalue weighted by molar-refractivity contribution is 5.89. The number of hydrogen-bond donors (Lipinski definition) is 2. The van der Waals surface area contributed by atoms with Crippen molar-refractivity contribution < 1.29 is 14.3 Å². The smallest absolute Gasteiger partial charge is 0.305 e. The number of nitrogens with two attached hydrogens (primary N) is 2. The zero-order valence-corrected chi connectivity index (χ0v) is 11.0. The molecular formula is C14H20N2O3. The Morgan fingerprint density at radius 1 is 1.16 bits per heavy atom. The number of rotatable bonds is 7. The number of carbonyl (C=O) groups excluding carboxylic acids is 2. The van der Waals surface area contributed by atoms with Gasteiger partial charge in [0.2, 0.25) is 0 Å². The van der Waals surface area contributed by atoms with Gasteiger partial charge in [-0.25, -0.2) is 0 Å². The molecule has 104 valence electrons. The van der Waals surface area contributed by atoms with E-state index in [2.05, 4.69) is 4.74 Å². The standard InChI is InChI=1S/C14H20N2O3/c1-19-13(17)8-7-11(15)14(18)12(16)9-10-5-3-2-4-6-10/h2-6,11-12H,7-9,15-16H2,1H3/t11?,12-/m0/s1. The lowest BCUT2D eigenvalue weighted by molar-refractivity contribution is -0.140. The van der Waals surface area contributed by atoms with Crippen LogP contribution in [0.2, 0.25) is 0 Å². The minimum absolute atomic E-state index is 0.126. The molecule has 0 saturated carbocycles. The molecular weight excluding hydrogens is 244 g/mol. The highest BCUT2D eigenvalue weighted by atomic mass is 16.5. The molecule has 0 aliphatic carbocycles. The van der Waals surface area contributed by atoms with Crippen LogP contribution in [0.1, 0.15) is 18.4 Å². The van der Waals surface area contributed by atoms with Crippen LogP contribution in [0.5, 0.6) is 0 Å². The normalized spacial score (nSPS) is 13.6. The maximum Gasteiger partial charge on any atom is 0.305 e. The Morgan fingerprint density at radius 2 is 1.79 bits per heavy atom. The summed E-state index contributed by atoms with van der Waals surface area (Å²) in [5.74, 6) is -0.604. The number of Topliss-reactive ketones (excluding diaryl/α,β-unsaturated/α-hetero) is 1. The number of methoxy groups -OCH3 is 1. The Morgan fingerprint density at radius 3 is 2.37 bits per heavy atom. The molecule has 0 fully saturated rings. The van der Waals surface area contributed by atoms with E-state index < -0.39 is 12.1 Å². The molecule has 0 aromatic heterocycles. The van der Waals surface area contributed by atoms with Gasteiger partial charge in [-0.05, 0) is 18.4 Å². The van der Waals surface area contributed by atoms with Crippen LogP contribution in [0.25, 0.3) is 0 Å². The van der Waals surface area contributed by atoms with E-state index in [1.807, 2.05) is 30.3 Å². The summed E-state index contributed by atoms with van der Waals surface area (Å²) in [7, 11) is 1.30. The third-order valence-electron chi connectivity index (χ3n) is 2.92. The predicted molar refractivity (Wildman–Crippen MR) is 72.4 cm³/mol. The fraction of sp³-hybridized carbons (Fsp3) is 0.429. The lowest BCUT2D eigenvalue weighted by Crippen LogP contribution is -2.44. The molecule has 0 spiro atoms. The minimum Gasteiger partial charge on any atom is -0.469 e. The zero-order valence-electron chi connectivity index (χ0n) is 11.0. The second-order valence-corrected chi connectivity index (χ2v) is 4.42. The molecule has 0 amide bonds. The van der Waals surface area contributed by atoms with Crippen molar-refractivity contribution in [3.05, 3.63) is 35.9 Å². The third-order valence-corrected chi connectivity index (χ3v) is 2.92. The average molecular weight is 264 g/mol. The SMILES string of the molecule is COC(=O)CCC(N)C(=O)[C@@H](N)Cc1ccccc1. The summed E-state index contributed by atoms with van der Waals surface area (Å²) in [4.78, 5) is 22.9. The topological polar surface area (TPSA) is 95.4 Å². The van der Waals surface area contributed by atoms with Gasteiger partial charge >= 0.3 is 5.97 Å². The van der Waals surface area contributed by atoms with Crippen LogP contribution < -0.4 is 11.5 Å². The van der Waals surface area contributed by atoms with Gasteiger partial charge in [0.1, 0.15) is 0 Å². The minimum atomic E-state index is -0.724. The quantitative estimate of drug-likeness (QED) is 0.695. The van der Waals surface area contributed by atoms with E-state index in [1.54, 1.807) is 0 Å². The van der Waals surface area contributed by atoms with Crippen molar-refractivity contribution >= 4 is 11.8 Å². The highest BCUT2D eigenvalue weighted by Gasteiger charge is 2.21. The van der Waals surface area contributed by atoms with Gasteiger partial charge < -0.3 is 16.2 Å². The summed E-state index contributed by atoms with van der Waals surface area (Å²) in [5.41, 5.74) is 12.6. The van der Waals surface area contributed by atoms with E-state index in [-0.39, 0.29) is 24.6 Å². The molecule has 0 saturated heterocycles. The summed E-state index contributed by atoms with van der Waals surface area (Å²) in [6.07, 6.45) is 0.834. The monoisotopic (exact) mass is 264 g/mol. The molecule has 19 heavy (non-hydrogen) atoms. The molecule has 2 atom stereocenters. The van der Waals surface area contributed by atoms with E-state index in [0.717, 1.165) is 5.56 Å². The van der Waals surface area contributed by atoms with Crippen molar-refractivity contribution in [1.82, 2.24) is 0 Å².